The highest BCUT2D eigenvalue weighted by atomic mass is 16.5. The predicted octanol–water partition coefficient (Wildman–Crippen LogP) is 2.64. The fourth-order valence-electron chi connectivity index (χ4n) is 2.38. The summed E-state index contributed by atoms with van der Waals surface area (Å²) in [6, 6.07) is 10.5. The van der Waals surface area contributed by atoms with Crippen LogP contribution in [0.3, 0.4) is 0 Å². The molecule has 2 aromatic heterocycles. The second kappa shape index (κ2) is 8.85. The number of anilines is 2. The largest absolute Gasteiger partial charge is 0.497 e. The molecule has 0 spiro atoms. The Labute approximate surface area is 162 Å². The molecule has 28 heavy (non-hydrogen) atoms. The molecule has 0 bridgehead atoms. The number of aromatic nitrogens is 3. The molecule has 2 heterocycles. The Balaban J connectivity index is 1.53. The topological polar surface area (TPSA) is 111 Å². The van der Waals surface area contributed by atoms with E-state index < -0.39 is 0 Å². The molecule has 3 rings (SSSR count). The molecule has 0 aliphatic carbocycles. The standard InChI is InChI=1S/C19H21N5O4/c1-12-10-16(22-19(21-12)23-17-11-13(2)28-24-17)18(25)20-8-9-27-15-6-4-14(26-3)5-7-15/h4-7,10-11H,8-9H2,1-3H3,(H,20,25)(H,21,22,23,24). The number of carbonyl (C=O) groups excluding carboxylic acids is 1. The number of rotatable bonds is 8. The number of hydrogen-bond donors (Lipinski definition) is 2. The zero-order valence-electron chi connectivity index (χ0n) is 15.9. The van der Waals surface area contributed by atoms with E-state index in [4.69, 9.17) is 14.0 Å². The van der Waals surface area contributed by atoms with Crippen LogP contribution in [0.2, 0.25) is 0 Å². The van der Waals surface area contributed by atoms with Crippen LogP contribution in [0.15, 0.2) is 40.9 Å². The number of methoxy groups -OCH3 is 1. The molecule has 0 unspecified atom stereocenters. The van der Waals surface area contributed by atoms with Crippen molar-refractivity contribution in [3.05, 3.63) is 53.5 Å². The van der Waals surface area contributed by atoms with Crippen LogP contribution in [0.1, 0.15) is 21.9 Å². The van der Waals surface area contributed by atoms with Gasteiger partial charge in [-0.2, -0.15) is 0 Å². The number of amides is 1. The highest BCUT2D eigenvalue weighted by Gasteiger charge is 2.11. The van der Waals surface area contributed by atoms with Gasteiger partial charge in [-0.3, -0.25) is 4.79 Å². The van der Waals surface area contributed by atoms with Crippen LogP contribution in [-0.2, 0) is 0 Å². The van der Waals surface area contributed by atoms with Crippen molar-refractivity contribution in [1.29, 1.82) is 0 Å². The van der Waals surface area contributed by atoms with Gasteiger partial charge in [0.1, 0.15) is 29.6 Å². The molecule has 1 amide bonds. The second-order valence-electron chi connectivity index (χ2n) is 5.95. The van der Waals surface area contributed by atoms with Crippen LogP contribution in [-0.4, -0.2) is 41.3 Å². The van der Waals surface area contributed by atoms with Gasteiger partial charge in [0, 0.05) is 11.8 Å². The summed E-state index contributed by atoms with van der Waals surface area (Å²) < 4.78 is 15.7. The van der Waals surface area contributed by atoms with Crippen molar-refractivity contribution >= 4 is 17.7 Å². The van der Waals surface area contributed by atoms with Crippen molar-refractivity contribution in [3.8, 4) is 11.5 Å². The van der Waals surface area contributed by atoms with Crippen molar-refractivity contribution in [2.75, 3.05) is 25.6 Å². The van der Waals surface area contributed by atoms with Crippen LogP contribution >= 0.6 is 0 Å². The molecule has 0 atom stereocenters. The monoisotopic (exact) mass is 383 g/mol. The van der Waals surface area contributed by atoms with Gasteiger partial charge >= 0.3 is 0 Å². The average molecular weight is 383 g/mol. The second-order valence-corrected chi connectivity index (χ2v) is 5.95. The minimum atomic E-state index is -0.316. The molecule has 0 aliphatic heterocycles. The van der Waals surface area contributed by atoms with E-state index in [1.807, 2.05) is 12.1 Å². The third-order valence-electron chi connectivity index (χ3n) is 3.67. The maximum Gasteiger partial charge on any atom is 0.270 e. The first-order chi connectivity index (χ1) is 13.5. The summed E-state index contributed by atoms with van der Waals surface area (Å²) in [7, 11) is 1.61. The summed E-state index contributed by atoms with van der Waals surface area (Å²) in [5, 5.41) is 9.51. The smallest absolute Gasteiger partial charge is 0.270 e. The lowest BCUT2D eigenvalue weighted by Gasteiger charge is -2.09. The van der Waals surface area contributed by atoms with Gasteiger partial charge < -0.3 is 24.6 Å². The van der Waals surface area contributed by atoms with E-state index in [9.17, 15) is 4.79 Å². The zero-order chi connectivity index (χ0) is 19.9. The minimum absolute atomic E-state index is 0.250. The van der Waals surface area contributed by atoms with Gasteiger partial charge in [-0.1, -0.05) is 5.16 Å². The van der Waals surface area contributed by atoms with E-state index in [2.05, 4.69) is 25.8 Å². The quantitative estimate of drug-likeness (QED) is 0.571. The number of benzene rings is 1. The maximum atomic E-state index is 12.4. The van der Waals surface area contributed by atoms with Gasteiger partial charge in [0.15, 0.2) is 5.82 Å². The van der Waals surface area contributed by atoms with Crippen molar-refractivity contribution in [2.24, 2.45) is 0 Å². The number of aryl methyl sites for hydroxylation is 2. The maximum absolute atomic E-state index is 12.4. The van der Waals surface area contributed by atoms with Crippen molar-refractivity contribution < 1.29 is 18.8 Å². The third kappa shape index (κ3) is 5.19. The SMILES string of the molecule is COc1ccc(OCCNC(=O)c2cc(C)nc(Nc3cc(C)on3)n2)cc1. The first-order valence-electron chi connectivity index (χ1n) is 8.64. The average Bonchev–Trinajstić information content (AvgIpc) is 3.09. The van der Waals surface area contributed by atoms with Crippen molar-refractivity contribution in [2.45, 2.75) is 13.8 Å². The summed E-state index contributed by atoms with van der Waals surface area (Å²) >= 11 is 0. The molecule has 0 saturated carbocycles. The minimum Gasteiger partial charge on any atom is -0.497 e. The summed E-state index contributed by atoms with van der Waals surface area (Å²) in [6.45, 7) is 4.22. The molecule has 9 nitrogen and oxygen atoms in total. The number of nitrogens with zero attached hydrogens (tertiary/aromatic N) is 3. The normalized spacial score (nSPS) is 10.4. The molecule has 0 fully saturated rings. The Bertz CT molecular complexity index is 940. The molecule has 3 aromatic rings. The molecule has 2 N–H and O–H groups in total. The van der Waals surface area contributed by atoms with E-state index in [-0.39, 0.29) is 17.5 Å². The Hall–Kier alpha value is -3.62. The van der Waals surface area contributed by atoms with E-state index in [1.165, 1.54) is 0 Å². The van der Waals surface area contributed by atoms with E-state index >= 15 is 0 Å². The number of nitrogens with one attached hydrogen (secondary N) is 2. The lowest BCUT2D eigenvalue weighted by molar-refractivity contribution is 0.0942. The summed E-state index contributed by atoms with van der Waals surface area (Å²) in [4.78, 5) is 20.8. The lowest BCUT2D eigenvalue weighted by atomic mass is 10.3. The zero-order valence-corrected chi connectivity index (χ0v) is 15.9. The van der Waals surface area contributed by atoms with Gasteiger partial charge in [-0.25, -0.2) is 9.97 Å². The highest BCUT2D eigenvalue weighted by molar-refractivity contribution is 5.92. The first-order valence-corrected chi connectivity index (χ1v) is 8.64. The fraction of sp³-hybridized carbons (Fsp3) is 0.263. The van der Waals surface area contributed by atoms with Crippen LogP contribution < -0.4 is 20.1 Å². The van der Waals surface area contributed by atoms with Crippen molar-refractivity contribution in [1.82, 2.24) is 20.4 Å². The molecular formula is C19H21N5O4. The molecule has 9 heteroatoms. The first kappa shape index (κ1) is 19.2. The molecule has 0 radical (unpaired) electrons. The summed E-state index contributed by atoms with van der Waals surface area (Å²) in [5.41, 5.74) is 0.900. The molecular weight excluding hydrogens is 362 g/mol. The van der Waals surface area contributed by atoms with Gasteiger partial charge in [0.2, 0.25) is 5.95 Å². The molecule has 1 aromatic carbocycles. The molecule has 0 aliphatic rings. The number of carbonyl (C=O) groups is 1. The van der Waals surface area contributed by atoms with Crippen LogP contribution in [0.5, 0.6) is 11.5 Å². The van der Waals surface area contributed by atoms with Crippen LogP contribution in [0.4, 0.5) is 11.8 Å². The summed E-state index contributed by atoms with van der Waals surface area (Å²) in [6.07, 6.45) is 0. The van der Waals surface area contributed by atoms with Crippen LogP contribution in [0.25, 0.3) is 0 Å². The van der Waals surface area contributed by atoms with E-state index in [0.29, 0.717) is 36.2 Å². The lowest BCUT2D eigenvalue weighted by Crippen LogP contribution is -2.29. The van der Waals surface area contributed by atoms with E-state index in [1.54, 1.807) is 45.2 Å². The van der Waals surface area contributed by atoms with Crippen LogP contribution in [0, 0.1) is 13.8 Å². The predicted molar refractivity (Wildman–Crippen MR) is 102 cm³/mol. The Morgan fingerprint density at radius 1 is 1.11 bits per heavy atom. The Morgan fingerprint density at radius 3 is 2.54 bits per heavy atom. The molecule has 146 valence electrons. The number of ether oxygens (including phenoxy) is 2. The fourth-order valence-corrected chi connectivity index (χ4v) is 2.38. The number of hydrogen-bond acceptors (Lipinski definition) is 8. The Kier molecular flexibility index (Phi) is 6.05. The summed E-state index contributed by atoms with van der Waals surface area (Å²) in [5.74, 6) is 2.54. The Morgan fingerprint density at radius 2 is 1.86 bits per heavy atom. The van der Waals surface area contributed by atoms with Gasteiger partial charge in [-0.15, -0.1) is 0 Å². The third-order valence-corrected chi connectivity index (χ3v) is 3.67. The van der Waals surface area contributed by atoms with Gasteiger partial charge in [-0.05, 0) is 44.2 Å². The highest BCUT2D eigenvalue weighted by Crippen LogP contribution is 2.17. The van der Waals surface area contributed by atoms with Crippen molar-refractivity contribution in [3.63, 3.8) is 0 Å². The van der Waals surface area contributed by atoms with Gasteiger partial charge in [0.05, 0.1) is 13.7 Å². The molecule has 0 saturated heterocycles. The van der Waals surface area contributed by atoms with Gasteiger partial charge in [0.25, 0.3) is 5.91 Å². The van der Waals surface area contributed by atoms with E-state index in [0.717, 1.165) is 5.75 Å².